The average Bonchev–Trinajstić information content (AvgIpc) is 2.41. The van der Waals surface area contributed by atoms with Crippen LogP contribution in [0.25, 0.3) is 0 Å². The number of benzene rings is 1. The number of anilines is 1. The maximum Gasteiger partial charge on any atom is 0.146 e. The van der Waals surface area contributed by atoms with Crippen LogP contribution in [-0.2, 0) is 0 Å². The Bertz CT molecular complexity index is 455. The van der Waals surface area contributed by atoms with Gasteiger partial charge in [-0.15, -0.1) is 0 Å². The molecule has 0 N–H and O–H groups in total. The van der Waals surface area contributed by atoms with Gasteiger partial charge in [-0.3, -0.25) is 4.90 Å². The zero-order valence-corrected chi connectivity index (χ0v) is 11.3. The van der Waals surface area contributed by atoms with Crippen molar-refractivity contribution < 1.29 is 4.39 Å². The van der Waals surface area contributed by atoms with E-state index in [2.05, 4.69) is 22.8 Å². The fourth-order valence-corrected chi connectivity index (χ4v) is 2.62. The van der Waals surface area contributed by atoms with Crippen molar-refractivity contribution in [1.29, 1.82) is 5.26 Å². The van der Waals surface area contributed by atoms with Crippen LogP contribution in [0.2, 0.25) is 0 Å². The normalized spacial score (nSPS) is 20.3. The number of hydrogen-bond acceptors (Lipinski definition) is 3. The summed E-state index contributed by atoms with van der Waals surface area (Å²) in [5, 5.41) is 8.56. The molecular weight excluding hydrogens is 241 g/mol. The van der Waals surface area contributed by atoms with Crippen LogP contribution < -0.4 is 4.90 Å². The van der Waals surface area contributed by atoms with E-state index in [-0.39, 0.29) is 5.82 Å². The fraction of sp³-hybridized carbons (Fsp3) is 0.533. The minimum Gasteiger partial charge on any atom is -0.366 e. The van der Waals surface area contributed by atoms with Gasteiger partial charge in [-0.25, -0.2) is 4.39 Å². The first-order valence-electron chi connectivity index (χ1n) is 6.83. The zero-order chi connectivity index (χ0) is 13.7. The molecule has 1 fully saturated rings. The number of rotatable bonds is 4. The Morgan fingerprint density at radius 1 is 1.37 bits per heavy atom. The van der Waals surface area contributed by atoms with E-state index in [0.717, 1.165) is 32.6 Å². The van der Waals surface area contributed by atoms with Gasteiger partial charge in [0.2, 0.25) is 0 Å². The highest BCUT2D eigenvalue weighted by molar-refractivity contribution is 5.48. The standard InChI is InChI=1S/C15H20FN3/c1-13-12-19(15-7-3-2-6-14(15)16)11-10-18(13)9-5-4-8-17/h2-3,6-7,13H,4-5,9-12H2,1H3. The first-order valence-corrected chi connectivity index (χ1v) is 6.83. The molecule has 1 unspecified atom stereocenters. The summed E-state index contributed by atoms with van der Waals surface area (Å²) in [5.74, 6) is -0.146. The number of para-hydroxylation sites is 1. The predicted molar refractivity (Wildman–Crippen MR) is 74.5 cm³/mol. The number of halogens is 1. The molecule has 0 spiro atoms. The molecule has 19 heavy (non-hydrogen) atoms. The van der Waals surface area contributed by atoms with Crippen molar-refractivity contribution in [3.63, 3.8) is 0 Å². The number of piperazine rings is 1. The van der Waals surface area contributed by atoms with Crippen LogP contribution in [0.1, 0.15) is 19.8 Å². The summed E-state index contributed by atoms with van der Waals surface area (Å²) in [6, 6.07) is 9.53. The number of nitrogens with zero attached hydrogens (tertiary/aromatic N) is 3. The first kappa shape index (κ1) is 13.8. The minimum atomic E-state index is -0.146. The van der Waals surface area contributed by atoms with Gasteiger partial charge >= 0.3 is 0 Å². The summed E-state index contributed by atoms with van der Waals surface area (Å²) in [7, 11) is 0. The summed E-state index contributed by atoms with van der Waals surface area (Å²) >= 11 is 0. The van der Waals surface area contributed by atoms with Crippen LogP contribution in [0.5, 0.6) is 0 Å². The largest absolute Gasteiger partial charge is 0.366 e. The predicted octanol–water partition coefficient (Wildman–Crippen LogP) is 2.64. The van der Waals surface area contributed by atoms with E-state index in [1.807, 2.05) is 12.1 Å². The lowest BCUT2D eigenvalue weighted by molar-refractivity contribution is 0.187. The van der Waals surface area contributed by atoms with Crippen LogP contribution in [0, 0.1) is 17.1 Å². The van der Waals surface area contributed by atoms with Gasteiger partial charge in [0.25, 0.3) is 0 Å². The highest BCUT2D eigenvalue weighted by Gasteiger charge is 2.24. The van der Waals surface area contributed by atoms with Crippen LogP contribution in [-0.4, -0.2) is 37.1 Å². The lowest BCUT2D eigenvalue weighted by Gasteiger charge is -2.41. The second kappa shape index (κ2) is 6.53. The highest BCUT2D eigenvalue weighted by Crippen LogP contribution is 2.22. The molecule has 1 aliphatic heterocycles. The molecule has 1 atom stereocenters. The van der Waals surface area contributed by atoms with Crippen molar-refractivity contribution in [1.82, 2.24) is 4.90 Å². The van der Waals surface area contributed by atoms with Crippen molar-refractivity contribution in [2.75, 3.05) is 31.1 Å². The third-order valence-corrected chi connectivity index (χ3v) is 3.69. The molecule has 1 saturated heterocycles. The summed E-state index contributed by atoms with van der Waals surface area (Å²) in [5.41, 5.74) is 0.700. The molecule has 1 heterocycles. The Morgan fingerprint density at radius 2 is 2.16 bits per heavy atom. The van der Waals surface area contributed by atoms with Gasteiger partial charge in [-0.2, -0.15) is 5.26 Å². The van der Waals surface area contributed by atoms with E-state index >= 15 is 0 Å². The number of hydrogen-bond donors (Lipinski definition) is 0. The quantitative estimate of drug-likeness (QED) is 0.781. The van der Waals surface area contributed by atoms with E-state index in [1.54, 1.807) is 6.07 Å². The molecule has 4 heteroatoms. The van der Waals surface area contributed by atoms with Gasteiger partial charge in [0.1, 0.15) is 5.82 Å². The first-order chi connectivity index (χ1) is 9.22. The molecule has 0 bridgehead atoms. The molecule has 3 nitrogen and oxygen atoms in total. The van der Waals surface area contributed by atoms with Crippen LogP contribution in [0.4, 0.5) is 10.1 Å². The van der Waals surface area contributed by atoms with Gasteiger partial charge in [-0.1, -0.05) is 12.1 Å². The molecule has 0 saturated carbocycles. The number of nitriles is 1. The van der Waals surface area contributed by atoms with Gasteiger partial charge in [0.15, 0.2) is 0 Å². The average molecular weight is 261 g/mol. The molecule has 0 radical (unpaired) electrons. The Morgan fingerprint density at radius 3 is 2.84 bits per heavy atom. The number of unbranched alkanes of at least 4 members (excludes halogenated alkanes) is 1. The Kier molecular flexibility index (Phi) is 4.75. The maximum atomic E-state index is 13.8. The second-order valence-corrected chi connectivity index (χ2v) is 5.04. The molecule has 1 aliphatic rings. The van der Waals surface area contributed by atoms with Crippen LogP contribution in [0.15, 0.2) is 24.3 Å². The summed E-state index contributed by atoms with van der Waals surface area (Å²) < 4.78 is 13.8. The van der Waals surface area contributed by atoms with E-state index < -0.39 is 0 Å². The summed E-state index contributed by atoms with van der Waals surface area (Å²) in [6.45, 7) is 5.74. The monoisotopic (exact) mass is 261 g/mol. The highest BCUT2D eigenvalue weighted by atomic mass is 19.1. The van der Waals surface area contributed by atoms with E-state index in [4.69, 9.17) is 5.26 Å². The van der Waals surface area contributed by atoms with Crippen molar-refractivity contribution in [2.24, 2.45) is 0 Å². The Balaban J connectivity index is 1.93. The lowest BCUT2D eigenvalue weighted by Crippen LogP contribution is -2.52. The third kappa shape index (κ3) is 3.45. The molecule has 102 valence electrons. The van der Waals surface area contributed by atoms with Crippen molar-refractivity contribution in [3.05, 3.63) is 30.1 Å². The molecule has 1 aromatic carbocycles. The lowest BCUT2D eigenvalue weighted by atomic mass is 10.1. The van der Waals surface area contributed by atoms with Gasteiger partial charge < -0.3 is 4.90 Å². The molecule has 2 rings (SSSR count). The fourth-order valence-electron chi connectivity index (χ4n) is 2.62. The Labute approximate surface area is 114 Å². The minimum absolute atomic E-state index is 0.146. The zero-order valence-electron chi connectivity index (χ0n) is 11.3. The molecule has 1 aromatic rings. The van der Waals surface area contributed by atoms with E-state index in [0.29, 0.717) is 18.2 Å². The second-order valence-electron chi connectivity index (χ2n) is 5.04. The molecule has 0 aromatic heterocycles. The summed E-state index contributed by atoms with van der Waals surface area (Å²) in [6.07, 6.45) is 1.53. The van der Waals surface area contributed by atoms with E-state index in [1.165, 1.54) is 6.07 Å². The van der Waals surface area contributed by atoms with E-state index in [9.17, 15) is 4.39 Å². The van der Waals surface area contributed by atoms with Crippen molar-refractivity contribution in [2.45, 2.75) is 25.8 Å². The molecule has 0 amide bonds. The molecule has 0 aliphatic carbocycles. The maximum absolute atomic E-state index is 13.8. The SMILES string of the molecule is CC1CN(c2ccccc2F)CCN1CCCC#N. The van der Waals surface area contributed by atoms with Crippen molar-refractivity contribution in [3.8, 4) is 6.07 Å². The van der Waals surface area contributed by atoms with Crippen LogP contribution >= 0.6 is 0 Å². The van der Waals surface area contributed by atoms with Crippen molar-refractivity contribution >= 4 is 5.69 Å². The molecular formula is C15H20FN3. The third-order valence-electron chi connectivity index (χ3n) is 3.69. The smallest absolute Gasteiger partial charge is 0.146 e. The van der Waals surface area contributed by atoms with Crippen LogP contribution in [0.3, 0.4) is 0 Å². The topological polar surface area (TPSA) is 30.3 Å². The van der Waals surface area contributed by atoms with Gasteiger partial charge in [0.05, 0.1) is 11.8 Å². The Hall–Kier alpha value is -1.60. The summed E-state index contributed by atoms with van der Waals surface area (Å²) in [4.78, 5) is 4.50. The van der Waals surface area contributed by atoms with Gasteiger partial charge in [-0.05, 0) is 32.0 Å². The van der Waals surface area contributed by atoms with Gasteiger partial charge in [0, 0.05) is 32.1 Å².